The van der Waals surface area contributed by atoms with Crippen LogP contribution in [0.2, 0.25) is 0 Å². The Hall–Kier alpha value is -1.89. The van der Waals surface area contributed by atoms with E-state index >= 15 is 0 Å². The van der Waals surface area contributed by atoms with Gasteiger partial charge >= 0.3 is 5.88 Å². The lowest BCUT2D eigenvalue weighted by atomic mass is 10.4. The molecule has 0 amide bonds. The quantitative estimate of drug-likeness (QED) is 0.441. The number of piperazine rings is 1. The number of hydrazone groups is 1. The van der Waals surface area contributed by atoms with Gasteiger partial charge in [-0.15, -0.1) is 0 Å². The minimum Gasteiger partial charge on any atom is -0.400 e. The van der Waals surface area contributed by atoms with E-state index in [0.717, 1.165) is 26.2 Å². The molecule has 0 radical (unpaired) electrons. The summed E-state index contributed by atoms with van der Waals surface area (Å²) in [5.41, 5.74) is 0. The molecule has 1 aliphatic heterocycles. The van der Waals surface area contributed by atoms with Crippen LogP contribution in [0, 0.1) is 10.1 Å². The van der Waals surface area contributed by atoms with Crippen LogP contribution in [0.25, 0.3) is 0 Å². The smallest absolute Gasteiger partial charge is 0.400 e. The molecule has 0 N–H and O–H groups in total. The molecular formula is C10H14N4O3. The maximum atomic E-state index is 10.4. The molecule has 1 aliphatic rings. The Morgan fingerprint density at radius 2 is 2.12 bits per heavy atom. The number of likely N-dealkylation sites (N-methyl/N-ethyl adjacent to an activating group) is 1. The highest BCUT2D eigenvalue weighted by Crippen LogP contribution is 2.14. The van der Waals surface area contributed by atoms with E-state index in [1.807, 2.05) is 5.01 Å². The topological polar surface area (TPSA) is 75.1 Å². The van der Waals surface area contributed by atoms with Crippen LogP contribution in [0.15, 0.2) is 21.7 Å². The van der Waals surface area contributed by atoms with Gasteiger partial charge in [0.05, 0.1) is 12.3 Å². The monoisotopic (exact) mass is 238 g/mol. The van der Waals surface area contributed by atoms with Crippen molar-refractivity contribution in [2.75, 3.05) is 33.2 Å². The van der Waals surface area contributed by atoms with E-state index in [2.05, 4.69) is 17.0 Å². The Balaban J connectivity index is 1.93. The lowest BCUT2D eigenvalue weighted by Gasteiger charge is -2.30. The summed E-state index contributed by atoms with van der Waals surface area (Å²) >= 11 is 0. The van der Waals surface area contributed by atoms with Crippen LogP contribution in [0.3, 0.4) is 0 Å². The molecule has 0 aliphatic carbocycles. The van der Waals surface area contributed by atoms with Gasteiger partial charge in [0.1, 0.15) is 4.92 Å². The molecule has 0 spiro atoms. The summed E-state index contributed by atoms with van der Waals surface area (Å²) in [4.78, 5) is 12.1. The van der Waals surface area contributed by atoms with Crippen LogP contribution in [-0.4, -0.2) is 54.3 Å². The fraction of sp³-hybridized carbons (Fsp3) is 0.500. The average molecular weight is 238 g/mol. The molecule has 2 heterocycles. The first-order valence-electron chi connectivity index (χ1n) is 5.37. The molecule has 1 saturated heterocycles. The van der Waals surface area contributed by atoms with Crippen LogP contribution in [0.5, 0.6) is 0 Å². The molecule has 1 aromatic rings. The summed E-state index contributed by atoms with van der Waals surface area (Å²) in [6.45, 7) is 3.65. The van der Waals surface area contributed by atoms with Gasteiger partial charge in [-0.3, -0.25) is 15.1 Å². The predicted octanol–water partition coefficient (Wildman–Crippen LogP) is 0.769. The fourth-order valence-corrected chi connectivity index (χ4v) is 1.56. The van der Waals surface area contributed by atoms with Crippen LogP contribution in [0.1, 0.15) is 5.76 Å². The summed E-state index contributed by atoms with van der Waals surface area (Å²) in [5.74, 6) is 0.139. The normalized spacial score (nSPS) is 17.8. The van der Waals surface area contributed by atoms with Crippen molar-refractivity contribution in [2.45, 2.75) is 0 Å². The van der Waals surface area contributed by atoms with Crippen molar-refractivity contribution >= 4 is 12.1 Å². The lowest BCUT2D eigenvalue weighted by molar-refractivity contribution is -0.402. The number of nitro groups is 1. The largest absolute Gasteiger partial charge is 0.433 e. The summed E-state index contributed by atoms with van der Waals surface area (Å²) in [6, 6.07) is 2.86. The minimum atomic E-state index is -0.562. The van der Waals surface area contributed by atoms with Gasteiger partial charge < -0.3 is 9.32 Å². The van der Waals surface area contributed by atoms with Crippen LogP contribution in [0.4, 0.5) is 5.88 Å². The molecule has 7 nitrogen and oxygen atoms in total. The second-order valence-corrected chi connectivity index (χ2v) is 3.93. The van der Waals surface area contributed by atoms with Crippen LogP contribution < -0.4 is 0 Å². The van der Waals surface area contributed by atoms with Crippen molar-refractivity contribution < 1.29 is 9.34 Å². The number of furan rings is 1. The first-order valence-corrected chi connectivity index (χ1v) is 5.37. The molecule has 0 atom stereocenters. The van der Waals surface area contributed by atoms with Crippen molar-refractivity contribution in [3.8, 4) is 0 Å². The zero-order chi connectivity index (χ0) is 12.3. The third-order valence-electron chi connectivity index (χ3n) is 2.62. The van der Waals surface area contributed by atoms with Gasteiger partial charge in [-0.05, 0) is 13.1 Å². The predicted molar refractivity (Wildman–Crippen MR) is 62.0 cm³/mol. The fourth-order valence-electron chi connectivity index (χ4n) is 1.56. The Kier molecular flexibility index (Phi) is 3.38. The maximum Gasteiger partial charge on any atom is 0.433 e. The molecule has 1 aromatic heterocycles. The van der Waals surface area contributed by atoms with Crippen LogP contribution >= 0.6 is 0 Å². The highest BCUT2D eigenvalue weighted by atomic mass is 16.6. The Labute approximate surface area is 98.4 Å². The molecule has 0 aromatic carbocycles. The average Bonchev–Trinajstić information content (AvgIpc) is 2.77. The minimum absolute atomic E-state index is 0.259. The highest BCUT2D eigenvalue weighted by Gasteiger charge is 2.12. The summed E-state index contributed by atoms with van der Waals surface area (Å²) in [6.07, 6.45) is 1.51. The van der Waals surface area contributed by atoms with Crippen molar-refractivity contribution in [1.82, 2.24) is 9.91 Å². The first-order chi connectivity index (χ1) is 8.15. The van der Waals surface area contributed by atoms with E-state index in [4.69, 9.17) is 4.42 Å². The van der Waals surface area contributed by atoms with Crippen LogP contribution in [-0.2, 0) is 0 Å². The van der Waals surface area contributed by atoms with Crippen molar-refractivity contribution in [3.63, 3.8) is 0 Å². The van der Waals surface area contributed by atoms with Crippen molar-refractivity contribution in [3.05, 3.63) is 28.0 Å². The molecule has 7 heteroatoms. The zero-order valence-corrected chi connectivity index (χ0v) is 9.57. The van der Waals surface area contributed by atoms with Crippen molar-refractivity contribution in [1.29, 1.82) is 0 Å². The lowest BCUT2D eigenvalue weighted by Crippen LogP contribution is -2.41. The maximum absolute atomic E-state index is 10.4. The molecular weight excluding hydrogens is 224 g/mol. The van der Waals surface area contributed by atoms with E-state index < -0.39 is 4.92 Å². The first kappa shape index (κ1) is 11.6. The van der Waals surface area contributed by atoms with Gasteiger partial charge in [-0.2, -0.15) is 5.10 Å². The van der Waals surface area contributed by atoms with Gasteiger partial charge in [0.15, 0.2) is 5.76 Å². The van der Waals surface area contributed by atoms with E-state index in [0.29, 0.717) is 5.76 Å². The van der Waals surface area contributed by atoms with Gasteiger partial charge in [0.25, 0.3) is 0 Å². The van der Waals surface area contributed by atoms with E-state index in [9.17, 15) is 10.1 Å². The molecule has 2 rings (SSSR count). The van der Waals surface area contributed by atoms with Gasteiger partial charge in [-0.1, -0.05) is 0 Å². The number of hydrogen-bond acceptors (Lipinski definition) is 6. The Morgan fingerprint density at radius 3 is 2.71 bits per heavy atom. The second kappa shape index (κ2) is 4.96. The molecule has 0 bridgehead atoms. The van der Waals surface area contributed by atoms with E-state index in [1.165, 1.54) is 18.3 Å². The van der Waals surface area contributed by atoms with Gasteiger partial charge in [0.2, 0.25) is 0 Å². The van der Waals surface area contributed by atoms with E-state index in [-0.39, 0.29) is 5.88 Å². The standard InChI is InChI=1S/C10H14N4O3/c1-12-4-6-13(7-5-12)11-8-9-2-3-10(17-9)14(15)16/h2-3,8H,4-7H2,1H3/b11-8+. The third kappa shape index (κ3) is 3.04. The summed E-state index contributed by atoms with van der Waals surface area (Å²) < 4.78 is 4.97. The molecule has 92 valence electrons. The number of nitrogens with zero attached hydrogens (tertiary/aromatic N) is 4. The summed E-state index contributed by atoms with van der Waals surface area (Å²) in [5, 5.41) is 16.6. The highest BCUT2D eigenvalue weighted by molar-refractivity contribution is 5.75. The number of hydrogen-bond donors (Lipinski definition) is 0. The zero-order valence-electron chi connectivity index (χ0n) is 9.57. The van der Waals surface area contributed by atoms with Gasteiger partial charge in [0, 0.05) is 26.2 Å². The Morgan fingerprint density at radius 1 is 1.41 bits per heavy atom. The molecule has 0 unspecified atom stereocenters. The number of rotatable bonds is 3. The van der Waals surface area contributed by atoms with Crippen molar-refractivity contribution in [2.24, 2.45) is 5.10 Å². The SMILES string of the molecule is CN1CCN(/N=C/c2ccc([N+](=O)[O-])o2)CC1. The molecule has 0 saturated carbocycles. The molecule has 17 heavy (non-hydrogen) atoms. The molecule has 1 fully saturated rings. The second-order valence-electron chi connectivity index (χ2n) is 3.93. The third-order valence-corrected chi connectivity index (χ3v) is 2.62. The summed E-state index contributed by atoms with van der Waals surface area (Å²) in [7, 11) is 2.07. The van der Waals surface area contributed by atoms with E-state index in [1.54, 1.807) is 0 Å². The van der Waals surface area contributed by atoms with Gasteiger partial charge in [-0.25, -0.2) is 0 Å². The Bertz CT molecular complexity index is 421.